The Morgan fingerprint density at radius 1 is 1.44 bits per heavy atom. The number of nitrogens with one attached hydrogen (secondary N) is 1. The predicted octanol–water partition coefficient (Wildman–Crippen LogP) is 2.80. The Balaban J connectivity index is 1.96. The monoisotopic (exact) mass is 262 g/mol. The van der Waals surface area contributed by atoms with E-state index in [2.05, 4.69) is 10.3 Å². The van der Waals surface area contributed by atoms with Crippen molar-refractivity contribution < 1.29 is 9.90 Å². The summed E-state index contributed by atoms with van der Waals surface area (Å²) in [6.07, 6.45) is 0.790. The van der Waals surface area contributed by atoms with Crippen LogP contribution in [0.3, 0.4) is 0 Å². The quantitative estimate of drug-likeness (QED) is 0.869. The maximum Gasteiger partial charge on any atom is 0.337 e. The van der Waals surface area contributed by atoms with E-state index < -0.39 is 5.97 Å². The molecule has 2 N–H and O–H groups in total. The van der Waals surface area contributed by atoms with Crippen molar-refractivity contribution in [3.8, 4) is 0 Å². The standard InChI is InChI=1S/C13H14N2O2S/c1-9-15-10(8-18-9)6-7-14-12-5-3-2-4-11(12)13(16)17/h2-5,8,14H,6-7H2,1H3,(H,16,17). The molecule has 0 spiro atoms. The summed E-state index contributed by atoms with van der Waals surface area (Å²) in [5, 5.41) is 15.3. The average Bonchev–Trinajstić information content (AvgIpc) is 2.75. The highest BCUT2D eigenvalue weighted by Gasteiger charge is 2.08. The van der Waals surface area contributed by atoms with Gasteiger partial charge in [0.1, 0.15) is 0 Å². The van der Waals surface area contributed by atoms with Gasteiger partial charge in [-0.15, -0.1) is 11.3 Å². The van der Waals surface area contributed by atoms with Crippen LogP contribution in [0.15, 0.2) is 29.6 Å². The maximum atomic E-state index is 11.0. The van der Waals surface area contributed by atoms with Crippen LogP contribution in [0.25, 0.3) is 0 Å². The minimum absolute atomic E-state index is 0.298. The molecule has 94 valence electrons. The van der Waals surface area contributed by atoms with Gasteiger partial charge in [0.25, 0.3) is 0 Å². The highest BCUT2D eigenvalue weighted by molar-refractivity contribution is 7.09. The number of carboxylic acid groups (broad SMARTS) is 1. The molecule has 5 heteroatoms. The molecular weight excluding hydrogens is 248 g/mol. The van der Waals surface area contributed by atoms with Crippen molar-refractivity contribution in [3.63, 3.8) is 0 Å². The molecule has 0 aliphatic heterocycles. The van der Waals surface area contributed by atoms with Gasteiger partial charge in [-0.25, -0.2) is 9.78 Å². The summed E-state index contributed by atoms with van der Waals surface area (Å²) in [4.78, 5) is 15.4. The number of aromatic carboxylic acids is 1. The molecule has 0 radical (unpaired) electrons. The summed E-state index contributed by atoms with van der Waals surface area (Å²) in [6.45, 7) is 2.65. The van der Waals surface area contributed by atoms with Gasteiger partial charge in [0.2, 0.25) is 0 Å². The Hall–Kier alpha value is -1.88. The SMILES string of the molecule is Cc1nc(CCNc2ccccc2C(=O)O)cs1. The summed E-state index contributed by atoms with van der Waals surface area (Å²) in [5.41, 5.74) is 1.99. The molecule has 0 aliphatic carbocycles. The zero-order chi connectivity index (χ0) is 13.0. The summed E-state index contributed by atoms with van der Waals surface area (Å²) < 4.78 is 0. The third-order valence-corrected chi connectivity index (χ3v) is 3.34. The zero-order valence-electron chi connectivity index (χ0n) is 10.0. The number of carboxylic acids is 1. The first-order chi connectivity index (χ1) is 8.66. The number of carbonyl (C=O) groups is 1. The number of rotatable bonds is 5. The van der Waals surface area contributed by atoms with Gasteiger partial charge in [-0.3, -0.25) is 0 Å². The van der Waals surface area contributed by atoms with Crippen molar-refractivity contribution in [1.82, 2.24) is 4.98 Å². The molecule has 0 amide bonds. The van der Waals surface area contributed by atoms with Crippen LogP contribution in [-0.2, 0) is 6.42 Å². The normalized spacial score (nSPS) is 10.3. The van der Waals surface area contributed by atoms with Crippen molar-refractivity contribution in [2.75, 3.05) is 11.9 Å². The summed E-state index contributed by atoms with van der Waals surface area (Å²) in [7, 11) is 0. The first-order valence-corrected chi connectivity index (χ1v) is 6.52. The molecule has 0 fully saturated rings. The van der Waals surface area contributed by atoms with E-state index in [1.165, 1.54) is 0 Å². The third-order valence-electron chi connectivity index (χ3n) is 2.52. The second-order valence-corrected chi connectivity index (χ2v) is 4.95. The largest absolute Gasteiger partial charge is 0.478 e. The third kappa shape index (κ3) is 3.07. The molecule has 2 aromatic rings. The lowest BCUT2D eigenvalue weighted by Crippen LogP contribution is -2.09. The fraction of sp³-hybridized carbons (Fsp3) is 0.231. The Labute approximate surface area is 109 Å². The molecule has 1 heterocycles. The van der Waals surface area contributed by atoms with E-state index >= 15 is 0 Å². The second-order valence-electron chi connectivity index (χ2n) is 3.89. The molecule has 0 saturated heterocycles. The van der Waals surface area contributed by atoms with Crippen molar-refractivity contribution in [1.29, 1.82) is 0 Å². The number of hydrogen-bond acceptors (Lipinski definition) is 4. The van der Waals surface area contributed by atoms with Crippen molar-refractivity contribution >= 4 is 23.0 Å². The topological polar surface area (TPSA) is 62.2 Å². The minimum Gasteiger partial charge on any atom is -0.478 e. The van der Waals surface area contributed by atoms with Gasteiger partial charge in [-0.05, 0) is 19.1 Å². The molecule has 4 nitrogen and oxygen atoms in total. The smallest absolute Gasteiger partial charge is 0.337 e. The van der Waals surface area contributed by atoms with Gasteiger partial charge in [-0.1, -0.05) is 12.1 Å². The lowest BCUT2D eigenvalue weighted by molar-refractivity contribution is 0.0698. The maximum absolute atomic E-state index is 11.0. The molecule has 2 rings (SSSR count). The van der Waals surface area contributed by atoms with Gasteiger partial charge in [-0.2, -0.15) is 0 Å². The molecule has 0 aliphatic rings. The van der Waals surface area contributed by atoms with E-state index in [-0.39, 0.29) is 0 Å². The lowest BCUT2D eigenvalue weighted by Gasteiger charge is -2.08. The Morgan fingerprint density at radius 3 is 2.89 bits per heavy atom. The predicted molar refractivity (Wildman–Crippen MR) is 72.4 cm³/mol. The fourth-order valence-electron chi connectivity index (χ4n) is 1.67. The van der Waals surface area contributed by atoms with Crippen LogP contribution in [0.4, 0.5) is 5.69 Å². The number of anilines is 1. The van der Waals surface area contributed by atoms with E-state index in [1.807, 2.05) is 18.4 Å². The number of nitrogens with zero attached hydrogens (tertiary/aromatic N) is 1. The average molecular weight is 262 g/mol. The van der Waals surface area contributed by atoms with E-state index in [0.29, 0.717) is 17.8 Å². The molecule has 0 atom stereocenters. The number of aryl methyl sites for hydroxylation is 1. The van der Waals surface area contributed by atoms with Crippen LogP contribution in [0, 0.1) is 6.92 Å². The molecule has 0 saturated carbocycles. The van der Waals surface area contributed by atoms with Gasteiger partial charge in [0.05, 0.1) is 16.3 Å². The van der Waals surface area contributed by atoms with Gasteiger partial charge in [0, 0.05) is 24.0 Å². The fourth-order valence-corrected chi connectivity index (χ4v) is 2.32. The summed E-state index contributed by atoms with van der Waals surface area (Å²) in [5.74, 6) is -0.914. The summed E-state index contributed by atoms with van der Waals surface area (Å²) in [6, 6.07) is 6.91. The number of aromatic nitrogens is 1. The minimum atomic E-state index is -0.914. The van der Waals surface area contributed by atoms with Gasteiger partial charge < -0.3 is 10.4 Å². The van der Waals surface area contributed by atoms with E-state index in [0.717, 1.165) is 17.1 Å². The molecule has 1 aromatic carbocycles. The Kier molecular flexibility index (Phi) is 3.94. The molecule has 0 bridgehead atoms. The number of para-hydroxylation sites is 1. The summed E-state index contributed by atoms with van der Waals surface area (Å²) >= 11 is 1.63. The Bertz CT molecular complexity index is 551. The molecular formula is C13H14N2O2S. The Morgan fingerprint density at radius 2 is 2.22 bits per heavy atom. The lowest BCUT2D eigenvalue weighted by atomic mass is 10.2. The van der Waals surface area contributed by atoms with E-state index in [1.54, 1.807) is 29.5 Å². The van der Waals surface area contributed by atoms with Crippen molar-refractivity contribution in [2.24, 2.45) is 0 Å². The van der Waals surface area contributed by atoms with Crippen LogP contribution in [0.5, 0.6) is 0 Å². The number of hydrogen-bond donors (Lipinski definition) is 2. The molecule has 18 heavy (non-hydrogen) atoms. The van der Waals surface area contributed by atoms with E-state index in [4.69, 9.17) is 5.11 Å². The highest BCUT2D eigenvalue weighted by atomic mass is 32.1. The van der Waals surface area contributed by atoms with Crippen molar-refractivity contribution in [2.45, 2.75) is 13.3 Å². The first-order valence-electron chi connectivity index (χ1n) is 5.64. The van der Waals surface area contributed by atoms with Crippen LogP contribution in [0.1, 0.15) is 21.1 Å². The highest BCUT2D eigenvalue weighted by Crippen LogP contribution is 2.15. The number of thiazole rings is 1. The van der Waals surface area contributed by atoms with Crippen molar-refractivity contribution in [3.05, 3.63) is 45.9 Å². The van der Waals surface area contributed by atoms with Crippen LogP contribution in [0.2, 0.25) is 0 Å². The number of benzene rings is 1. The molecule has 1 aromatic heterocycles. The van der Waals surface area contributed by atoms with Crippen LogP contribution in [-0.4, -0.2) is 22.6 Å². The van der Waals surface area contributed by atoms with Gasteiger partial charge >= 0.3 is 5.97 Å². The van der Waals surface area contributed by atoms with Crippen LogP contribution >= 0.6 is 11.3 Å². The van der Waals surface area contributed by atoms with Gasteiger partial charge in [0.15, 0.2) is 0 Å². The second kappa shape index (κ2) is 5.64. The van der Waals surface area contributed by atoms with Crippen LogP contribution < -0.4 is 5.32 Å². The van der Waals surface area contributed by atoms with E-state index in [9.17, 15) is 4.79 Å². The first kappa shape index (κ1) is 12.6. The zero-order valence-corrected chi connectivity index (χ0v) is 10.8. The molecule has 0 unspecified atom stereocenters.